The molecule has 0 amide bonds. The minimum atomic E-state index is -0.685. The fourth-order valence-corrected chi connectivity index (χ4v) is 4.70. The molecule has 5 heteroatoms. The van der Waals surface area contributed by atoms with Crippen LogP contribution in [0.1, 0.15) is 35.1 Å². The highest BCUT2D eigenvalue weighted by Gasteiger charge is 2.25. The maximum atomic E-state index is 11.2. The highest BCUT2D eigenvalue weighted by Crippen LogP contribution is 2.34. The van der Waals surface area contributed by atoms with Crippen molar-refractivity contribution in [2.24, 2.45) is 5.92 Å². The topological polar surface area (TPSA) is 49.8 Å². The molecule has 1 saturated heterocycles. The second-order valence-electron chi connectivity index (χ2n) is 8.13. The van der Waals surface area contributed by atoms with Crippen LogP contribution in [0.25, 0.3) is 5.57 Å². The molecular weight excluding hydrogens is 398 g/mol. The summed E-state index contributed by atoms with van der Waals surface area (Å²) in [5.74, 6) is -0.931. The van der Waals surface area contributed by atoms with Gasteiger partial charge in [-0.05, 0) is 72.2 Å². The third-order valence-corrected chi connectivity index (χ3v) is 6.38. The Morgan fingerprint density at radius 3 is 2.80 bits per heavy atom. The van der Waals surface area contributed by atoms with Crippen molar-refractivity contribution >= 4 is 23.1 Å². The van der Waals surface area contributed by atoms with Gasteiger partial charge in [-0.1, -0.05) is 48.0 Å². The van der Waals surface area contributed by atoms with E-state index in [2.05, 4.69) is 47.4 Å². The Labute approximate surface area is 183 Å². The molecule has 0 spiro atoms. The Balaban J connectivity index is 1.43. The number of piperidine rings is 1. The zero-order valence-corrected chi connectivity index (χ0v) is 17.9. The van der Waals surface area contributed by atoms with Gasteiger partial charge in [0.05, 0.1) is 19.1 Å². The fourth-order valence-electron chi connectivity index (χ4n) is 4.53. The molecule has 1 atom stereocenters. The minimum absolute atomic E-state index is 0.246. The number of halogens is 1. The lowest BCUT2D eigenvalue weighted by atomic mass is 9.94. The lowest BCUT2D eigenvalue weighted by molar-refractivity contribution is -0.143. The van der Waals surface area contributed by atoms with Crippen LogP contribution in [-0.2, 0) is 22.4 Å². The van der Waals surface area contributed by atoms with Gasteiger partial charge in [0.2, 0.25) is 0 Å². The highest BCUT2D eigenvalue weighted by atomic mass is 35.5. The molecule has 4 rings (SSSR count). The molecule has 1 heterocycles. The first-order chi connectivity index (χ1) is 14.6. The van der Waals surface area contributed by atoms with Crippen molar-refractivity contribution in [2.75, 3.05) is 32.8 Å². The van der Waals surface area contributed by atoms with E-state index in [4.69, 9.17) is 16.3 Å². The van der Waals surface area contributed by atoms with Crippen LogP contribution in [0, 0.1) is 5.92 Å². The van der Waals surface area contributed by atoms with Crippen molar-refractivity contribution in [3.8, 4) is 0 Å². The molecule has 0 aromatic heterocycles. The number of benzene rings is 2. The van der Waals surface area contributed by atoms with Crippen molar-refractivity contribution in [1.29, 1.82) is 0 Å². The van der Waals surface area contributed by atoms with E-state index in [1.165, 1.54) is 27.8 Å². The molecule has 2 aromatic rings. The van der Waals surface area contributed by atoms with Gasteiger partial charge in [0.15, 0.2) is 0 Å². The Kier molecular flexibility index (Phi) is 6.88. The molecule has 30 heavy (non-hydrogen) atoms. The quantitative estimate of drug-likeness (QED) is 0.682. The van der Waals surface area contributed by atoms with Gasteiger partial charge in [-0.2, -0.15) is 0 Å². The molecule has 0 unspecified atom stereocenters. The lowest BCUT2D eigenvalue weighted by Crippen LogP contribution is -2.40. The van der Waals surface area contributed by atoms with Crippen LogP contribution in [0.4, 0.5) is 0 Å². The monoisotopic (exact) mass is 425 g/mol. The second kappa shape index (κ2) is 9.78. The van der Waals surface area contributed by atoms with E-state index in [0.29, 0.717) is 19.8 Å². The number of nitrogens with zero attached hydrogens (tertiary/aromatic N) is 1. The zero-order valence-electron chi connectivity index (χ0n) is 17.1. The van der Waals surface area contributed by atoms with Crippen molar-refractivity contribution < 1.29 is 14.6 Å². The Hall–Kier alpha value is -2.14. The molecule has 2 aromatic carbocycles. The number of likely N-dealkylation sites (tertiary alicyclic amines) is 1. The van der Waals surface area contributed by atoms with Gasteiger partial charge in [0.25, 0.3) is 0 Å². The van der Waals surface area contributed by atoms with Crippen LogP contribution < -0.4 is 0 Å². The van der Waals surface area contributed by atoms with Crippen LogP contribution in [0.15, 0.2) is 48.5 Å². The molecule has 0 saturated carbocycles. The molecule has 1 N–H and O–H groups in total. The largest absolute Gasteiger partial charge is 0.481 e. The fraction of sp³-hybridized carbons (Fsp3) is 0.400. The average molecular weight is 426 g/mol. The maximum absolute atomic E-state index is 11.2. The summed E-state index contributed by atoms with van der Waals surface area (Å²) in [5, 5.41) is 9.99. The van der Waals surface area contributed by atoms with Crippen LogP contribution in [0.3, 0.4) is 0 Å². The minimum Gasteiger partial charge on any atom is -0.481 e. The van der Waals surface area contributed by atoms with Gasteiger partial charge in [0.1, 0.15) is 0 Å². The Morgan fingerprint density at radius 1 is 1.17 bits per heavy atom. The first-order valence-electron chi connectivity index (χ1n) is 10.7. The Bertz CT molecular complexity index is 940. The van der Waals surface area contributed by atoms with Gasteiger partial charge in [-0.3, -0.25) is 4.79 Å². The summed E-state index contributed by atoms with van der Waals surface area (Å²) in [5.41, 5.74) is 6.29. The molecule has 0 bridgehead atoms. The third-order valence-electron chi connectivity index (χ3n) is 6.15. The average Bonchev–Trinajstić information content (AvgIpc) is 2.90. The number of carboxylic acids is 1. The normalized spacial score (nSPS) is 20.4. The van der Waals surface area contributed by atoms with Gasteiger partial charge in [0, 0.05) is 18.1 Å². The predicted octanol–water partition coefficient (Wildman–Crippen LogP) is 4.68. The van der Waals surface area contributed by atoms with E-state index < -0.39 is 5.97 Å². The van der Waals surface area contributed by atoms with E-state index in [0.717, 1.165) is 43.8 Å². The third kappa shape index (κ3) is 4.94. The summed E-state index contributed by atoms with van der Waals surface area (Å²) < 4.78 is 5.94. The molecule has 2 aliphatic rings. The van der Waals surface area contributed by atoms with Crippen molar-refractivity contribution in [3.63, 3.8) is 0 Å². The summed E-state index contributed by atoms with van der Waals surface area (Å²) in [6.07, 6.45) is 5.90. The van der Waals surface area contributed by atoms with Crippen LogP contribution in [-0.4, -0.2) is 48.8 Å². The predicted molar refractivity (Wildman–Crippen MR) is 120 cm³/mol. The van der Waals surface area contributed by atoms with Gasteiger partial charge < -0.3 is 14.7 Å². The summed E-state index contributed by atoms with van der Waals surface area (Å²) >= 11 is 6.32. The number of rotatable bonds is 6. The second-order valence-corrected chi connectivity index (χ2v) is 8.57. The van der Waals surface area contributed by atoms with Crippen molar-refractivity contribution in [1.82, 2.24) is 4.90 Å². The van der Waals surface area contributed by atoms with Crippen LogP contribution >= 0.6 is 11.6 Å². The number of carbonyl (C=O) groups is 1. The number of ether oxygens (including phenoxy) is 1. The van der Waals surface area contributed by atoms with E-state index in [1.807, 2.05) is 6.07 Å². The first-order valence-corrected chi connectivity index (χ1v) is 11.1. The van der Waals surface area contributed by atoms with Gasteiger partial charge in [-0.25, -0.2) is 0 Å². The molecule has 0 radical (unpaired) electrons. The SMILES string of the molecule is O=C(O)[C@H]1CCCN(CCOC/C=C2\c3ccccc3CCc3ccc(Cl)cc32)C1. The Morgan fingerprint density at radius 2 is 1.97 bits per heavy atom. The van der Waals surface area contributed by atoms with Gasteiger partial charge in [-0.15, -0.1) is 0 Å². The number of aliphatic carboxylic acids is 1. The maximum Gasteiger partial charge on any atom is 0.307 e. The zero-order chi connectivity index (χ0) is 20.9. The first kappa shape index (κ1) is 21.1. The smallest absolute Gasteiger partial charge is 0.307 e. The van der Waals surface area contributed by atoms with Crippen LogP contribution in [0.5, 0.6) is 0 Å². The molecular formula is C25H28ClNO3. The van der Waals surface area contributed by atoms with Crippen molar-refractivity contribution in [3.05, 3.63) is 75.8 Å². The van der Waals surface area contributed by atoms with E-state index in [-0.39, 0.29) is 5.92 Å². The van der Waals surface area contributed by atoms with Gasteiger partial charge >= 0.3 is 5.97 Å². The van der Waals surface area contributed by atoms with Crippen molar-refractivity contribution in [2.45, 2.75) is 25.7 Å². The lowest BCUT2D eigenvalue weighted by Gasteiger charge is -2.30. The summed E-state index contributed by atoms with van der Waals surface area (Å²) in [6.45, 7) is 3.46. The summed E-state index contributed by atoms with van der Waals surface area (Å²) in [7, 11) is 0. The number of carboxylic acid groups (broad SMARTS) is 1. The van der Waals surface area contributed by atoms with E-state index in [9.17, 15) is 9.90 Å². The number of aryl methyl sites for hydroxylation is 2. The molecule has 158 valence electrons. The van der Waals surface area contributed by atoms with Crippen LogP contribution in [0.2, 0.25) is 5.02 Å². The number of hydrogen-bond donors (Lipinski definition) is 1. The summed E-state index contributed by atoms with van der Waals surface area (Å²) in [6, 6.07) is 14.7. The number of fused-ring (bicyclic) bond motifs is 2. The molecule has 4 nitrogen and oxygen atoms in total. The standard InChI is InChI=1S/C25H28ClNO3/c26-21-10-9-19-8-7-18-4-1-2-6-22(18)23(24(19)16-21)11-14-30-15-13-27-12-3-5-20(17-27)25(28)29/h1-2,4,6,9-11,16,20H,3,5,7-8,12-15,17H2,(H,28,29)/b23-11+/t20-/m0/s1. The van der Waals surface area contributed by atoms with E-state index in [1.54, 1.807) is 0 Å². The molecule has 1 fully saturated rings. The molecule has 1 aliphatic carbocycles. The summed E-state index contributed by atoms with van der Waals surface area (Å²) in [4.78, 5) is 13.4. The van der Waals surface area contributed by atoms with E-state index >= 15 is 0 Å². The molecule has 1 aliphatic heterocycles. The highest BCUT2D eigenvalue weighted by molar-refractivity contribution is 6.30. The number of hydrogen-bond acceptors (Lipinski definition) is 3.